The number of amides is 2. The molecule has 0 bridgehead atoms. The summed E-state index contributed by atoms with van der Waals surface area (Å²) in [6.07, 6.45) is 5.03. The number of H-pyrrole nitrogens is 1. The number of benzene rings is 1. The van der Waals surface area contributed by atoms with Crippen molar-refractivity contribution in [1.82, 2.24) is 19.8 Å². The van der Waals surface area contributed by atoms with E-state index >= 15 is 0 Å². The summed E-state index contributed by atoms with van der Waals surface area (Å²) in [6.45, 7) is 0.344. The van der Waals surface area contributed by atoms with Gasteiger partial charge in [0.25, 0.3) is 17.4 Å². The van der Waals surface area contributed by atoms with Crippen LogP contribution in [0, 0.1) is 0 Å². The second kappa shape index (κ2) is 7.10. The Morgan fingerprint density at radius 2 is 1.82 bits per heavy atom. The Bertz CT molecular complexity index is 1030. The van der Waals surface area contributed by atoms with Gasteiger partial charge < -0.3 is 15.2 Å². The summed E-state index contributed by atoms with van der Waals surface area (Å²) in [4.78, 5) is 52.9. The minimum atomic E-state index is -0.605. The average molecular weight is 382 g/mol. The van der Waals surface area contributed by atoms with Crippen LogP contribution >= 0.6 is 0 Å². The first-order valence-electron chi connectivity index (χ1n) is 9.43. The normalized spacial score (nSPS) is 15.9. The molecule has 1 heterocycles. The Morgan fingerprint density at radius 3 is 2.43 bits per heavy atom. The van der Waals surface area contributed by atoms with Crippen LogP contribution < -0.4 is 16.6 Å². The largest absolute Gasteiger partial charge is 0.349 e. The molecule has 0 saturated heterocycles. The second-order valence-electron chi connectivity index (χ2n) is 7.48. The van der Waals surface area contributed by atoms with Crippen molar-refractivity contribution >= 4 is 11.8 Å². The Kier molecular flexibility index (Phi) is 4.62. The van der Waals surface area contributed by atoms with Crippen molar-refractivity contribution in [1.29, 1.82) is 0 Å². The van der Waals surface area contributed by atoms with Gasteiger partial charge >= 0.3 is 5.69 Å². The number of aromatic nitrogens is 2. The molecule has 8 heteroatoms. The molecule has 2 aromatic rings. The lowest BCUT2D eigenvalue weighted by molar-refractivity contribution is 0.0726. The Balaban J connectivity index is 1.52. The molecular formula is C20H22N4O4. The highest BCUT2D eigenvalue weighted by atomic mass is 16.2. The number of rotatable bonds is 6. The van der Waals surface area contributed by atoms with Crippen molar-refractivity contribution in [3.05, 3.63) is 68.0 Å². The van der Waals surface area contributed by atoms with Gasteiger partial charge in [-0.1, -0.05) is 12.1 Å². The molecule has 1 aromatic carbocycles. The smallest absolute Gasteiger partial charge is 0.328 e. The van der Waals surface area contributed by atoms with Crippen LogP contribution in [-0.4, -0.2) is 38.3 Å². The van der Waals surface area contributed by atoms with E-state index in [2.05, 4.69) is 10.3 Å². The molecule has 1 aromatic heterocycles. The molecule has 0 aliphatic heterocycles. The minimum Gasteiger partial charge on any atom is -0.349 e. The van der Waals surface area contributed by atoms with E-state index in [9.17, 15) is 19.2 Å². The van der Waals surface area contributed by atoms with Crippen molar-refractivity contribution in [3.63, 3.8) is 0 Å². The highest BCUT2D eigenvalue weighted by Crippen LogP contribution is 2.29. The number of carbonyl (C=O) groups excluding carboxylic acids is 2. The van der Waals surface area contributed by atoms with E-state index in [1.165, 1.54) is 13.2 Å². The summed E-state index contributed by atoms with van der Waals surface area (Å²) >= 11 is 0. The van der Waals surface area contributed by atoms with Crippen molar-refractivity contribution in [3.8, 4) is 0 Å². The van der Waals surface area contributed by atoms with Crippen molar-refractivity contribution in [2.24, 2.45) is 7.05 Å². The summed E-state index contributed by atoms with van der Waals surface area (Å²) in [5.41, 5.74) is 0.263. The maximum Gasteiger partial charge on any atom is 0.328 e. The standard InChI is InChI=1S/C20H22N4O4/c1-23-18(26)16(10-21-20(23)28)19(27)24(15-8-9-15)11-12-2-4-13(5-3-12)17(25)22-14-6-7-14/h2-5,10,14-15H,6-9,11H2,1H3,(H,21,28)(H,22,25). The van der Waals surface area contributed by atoms with Crippen LogP contribution in [0.5, 0.6) is 0 Å². The SMILES string of the molecule is Cn1c(=O)[nH]cc(C(=O)N(Cc2ccc(C(=O)NC3CC3)cc2)C2CC2)c1=O. The van der Waals surface area contributed by atoms with Crippen LogP contribution in [0.4, 0.5) is 0 Å². The molecular weight excluding hydrogens is 360 g/mol. The number of aromatic amines is 1. The Morgan fingerprint density at radius 1 is 1.14 bits per heavy atom. The number of nitrogens with zero attached hydrogens (tertiary/aromatic N) is 2. The van der Waals surface area contributed by atoms with Gasteiger partial charge in [0.2, 0.25) is 0 Å². The first-order valence-corrected chi connectivity index (χ1v) is 9.43. The maximum atomic E-state index is 12.9. The first kappa shape index (κ1) is 18.2. The van der Waals surface area contributed by atoms with Gasteiger partial charge in [-0.05, 0) is 43.4 Å². The van der Waals surface area contributed by atoms with E-state index in [0.717, 1.165) is 35.8 Å². The van der Waals surface area contributed by atoms with Crippen LogP contribution in [0.2, 0.25) is 0 Å². The highest BCUT2D eigenvalue weighted by Gasteiger charge is 2.34. The lowest BCUT2D eigenvalue weighted by Crippen LogP contribution is -2.41. The van der Waals surface area contributed by atoms with E-state index in [1.807, 2.05) is 12.1 Å². The van der Waals surface area contributed by atoms with E-state index in [-0.39, 0.29) is 17.5 Å². The second-order valence-corrected chi connectivity index (χ2v) is 7.48. The molecule has 8 nitrogen and oxygen atoms in total. The predicted octanol–water partition coefficient (Wildman–Crippen LogP) is 0.771. The molecule has 0 radical (unpaired) electrons. The van der Waals surface area contributed by atoms with Gasteiger partial charge in [0.15, 0.2) is 0 Å². The number of nitrogens with one attached hydrogen (secondary N) is 2. The molecule has 4 rings (SSSR count). The lowest BCUT2D eigenvalue weighted by Gasteiger charge is -2.22. The molecule has 2 aliphatic rings. The van der Waals surface area contributed by atoms with Crippen LogP contribution in [0.15, 0.2) is 40.1 Å². The fourth-order valence-electron chi connectivity index (χ4n) is 3.08. The quantitative estimate of drug-likeness (QED) is 0.770. The summed E-state index contributed by atoms with van der Waals surface area (Å²) in [7, 11) is 1.34. The van der Waals surface area contributed by atoms with Crippen LogP contribution in [-0.2, 0) is 13.6 Å². The molecule has 0 spiro atoms. The molecule has 2 saturated carbocycles. The van der Waals surface area contributed by atoms with Crippen molar-refractivity contribution in [2.75, 3.05) is 0 Å². The summed E-state index contributed by atoms with van der Waals surface area (Å²) in [6, 6.07) is 7.55. The van der Waals surface area contributed by atoms with Crippen LogP contribution in [0.1, 0.15) is 52.0 Å². The fourth-order valence-corrected chi connectivity index (χ4v) is 3.08. The monoisotopic (exact) mass is 382 g/mol. The van der Waals surface area contributed by atoms with Crippen molar-refractivity contribution in [2.45, 2.75) is 44.3 Å². The third-order valence-electron chi connectivity index (χ3n) is 5.14. The van der Waals surface area contributed by atoms with Gasteiger partial charge in [-0.15, -0.1) is 0 Å². The van der Waals surface area contributed by atoms with Gasteiger partial charge in [0.05, 0.1) is 0 Å². The van der Waals surface area contributed by atoms with Gasteiger partial charge in [0.1, 0.15) is 5.56 Å². The zero-order valence-corrected chi connectivity index (χ0v) is 15.6. The highest BCUT2D eigenvalue weighted by molar-refractivity contribution is 5.95. The third kappa shape index (κ3) is 3.76. The van der Waals surface area contributed by atoms with E-state index in [1.54, 1.807) is 17.0 Å². The van der Waals surface area contributed by atoms with Crippen molar-refractivity contribution < 1.29 is 9.59 Å². The number of carbonyl (C=O) groups is 2. The topological polar surface area (TPSA) is 104 Å². The summed E-state index contributed by atoms with van der Waals surface area (Å²) < 4.78 is 0.894. The van der Waals surface area contributed by atoms with Crippen LogP contribution in [0.3, 0.4) is 0 Å². The molecule has 2 N–H and O–H groups in total. The lowest BCUT2D eigenvalue weighted by atomic mass is 10.1. The van der Waals surface area contributed by atoms with Gasteiger partial charge in [0, 0.05) is 37.4 Å². The van der Waals surface area contributed by atoms with Gasteiger partial charge in [-0.25, -0.2) is 4.79 Å². The zero-order valence-electron chi connectivity index (χ0n) is 15.6. The molecule has 2 amide bonds. The van der Waals surface area contributed by atoms with Gasteiger partial charge in [-0.2, -0.15) is 0 Å². The minimum absolute atomic E-state index is 0.0468. The summed E-state index contributed by atoms with van der Waals surface area (Å²) in [5, 5.41) is 2.94. The molecule has 2 aliphatic carbocycles. The fraction of sp³-hybridized carbons (Fsp3) is 0.400. The molecule has 2 fully saturated rings. The number of hydrogen-bond donors (Lipinski definition) is 2. The average Bonchev–Trinajstić information content (AvgIpc) is 3.59. The maximum absolute atomic E-state index is 12.9. The third-order valence-corrected chi connectivity index (χ3v) is 5.14. The van der Waals surface area contributed by atoms with E-state index in [4.69, 9.17) is 0 Å². The Hall–Kier alpha value is -3.16. The number of hydrogen-bond acceptors (Lipinski definition) is 4. The van der Waals surface area contributed by atoms with E-state index in [0.29, 0.717) is 18.2 Å². The molecule has 0 unspecified atom stereocenters. The van der Waals surface area contributed by atoms with Gasteiger partial charge in [-0.3, -0.25) is 19.0 Å². The first-order chi connectivity index (χ1) is 13.4. The predicted molar refractivity (Wildman–Crippen MR) is 102 cm³/mol. The molecule has 28 heavy (non-hydrogen) atoms. The van der Waals surface area contributed by atoms with Crippen LogP contribution in [0.25, 0.3) is 0 Å². The summed E-state index contributed by atoms with van der Waals surface area (Å²) in [5.74, 6) is -0.476. The zero-order chi connectivity index (χ0) is 19.8. The molecule has 0 atom stereocenters. The van der Waals surface area contributed by atoms with E-state index < -0.39 is 17.2 Å². The Labute approximate surface area is 161 Å². The molecule has 146 valence electrons.